The number of para-hydroxylation sites is 1. The van der Waals surface area contributed by atoms with E-state index in [1.165, 1.54) is 0 Å². The summed E-state index contributed by atoms with van der Waals surface area (Å²) in [6.07, 6.45) is 1.94. The standard InChI is InChI=1S/C17H14ClNOS/c1-11-9-12(7-8-15(11)20-2)10-13(18)17-19-14-5-3-4-6-16(14)21-17/h3-10H,1-2H3/b13-10-. The Morgan fingerprint density at radius 1 is 1.24 bits per heavy atom. The van der Waals surface area contributed by atoms with Crippen molar-refractivity contribution in [2.45, 2.75) is 6.92 Å². The topological polar surface area (TPSA) is 22.1 Å². The van der Waals surface area contributed by atoms with Crippen LogP contribution in [0.15, 0.2) is 42.5 Å². The molecule has 3 aromatic rings. The normalized spacial score (nSPS) is 11.9. The molecular weight excluding hydrogens is 302 g/mol. The van der Waals surface area contributed by atoms with Crippen molar-refractivity contribution in [2.24, 2.45) is 0 Å². The first-order chi connectivity index (χ1) is 10.2. The number of methoxy groups -OCH3 is 1. The second-order valence-corrected chi connectivity index (χ2v) is 6.15. The zero-order valence-corrected chi connectivity index (χ0v) is 13.3. The summed E-state index contributed by atoms with van der Waals surface area (Å²) in [5.41, 5.74) is 3.10. The fourth-order valence-electron chi connectivity index (χ4n) is 2.17. The minimum Gasteiger partial charge on any atom is -0.496 e. The second kappa shape index (κ2) is 5.88. The molecule has 0 aliphatic heterocycles. The summed E-state index contributed by atoms with van der Waals surface area (Å²) >= 11 is 8.02. The van der Waals surface area contributed by atoms with Gasteiger partial charge < -0.3 is 4.74 Å². The van der Waals surface area contributed by atoms with E-state index in [9.17, 15) is 0 Å². The van der Waals surface area contributed by atoms with Crippen LogP contribution in [-0.4, -0.2) is 12.1 Å². The molecule has 0 unspecified atom stereocenters. The quantitative estimate of drug-likeness (QED) is 0.650. The van der Waals surface area contributed by atoms with Crippen LogP contribution in [0.1, 0.15) is 16.1 Å². The van der Waals surface area contributed by atoms with E-state index in [1.54, 1.807) is 18.4 Å². The third-order valence-electron chi connectivity index (χ3n) is 3.21. The molecule has 4 heteroatoms. The molecule has 2 nitrogen and oxygen atoms in total. The third-order valence-corrected chi connectivity index (χ3v) is 4.68. The summed E-state index contributed by atoms with van der Waals surface area (Å²) < 4.78 is 6.41. The Kier molecular flexibility index (Phi) is 3.95. The average molecular weight is 316 g/mol. The Labute approximate surface area is 132 Å². The lowest BCUT2D eigenvalue weighted by atomic mass is 10.1. The fourth-order valence-corrected chi connectivity index (χ4v) is 3.33. The van der Waals surface area contributed by atoms with Gasteiger partial charge in [0.2, 0.25) is 0 Å². The van der Waals surface area contributed by atoms with Gasteiger partial charge in [-0.15, -0.1) is 11.3 Å². The van der Waals surface area contributed by atoms with Crippen molar-refractivity contribution in [3.8, 4) is 5.75 Å². The van der Waals surface area contributed by atoms with Gasteiger partial charge in [0.15, 0.2) is 0 Å². The van der Waals surface area contributed by atoms with Gasteiger partial charge in [-0.1, -0.05) is 29.8 Å². The number of ether oxygens (including phenoxy) is 1. The summed E-state index contributed by atoms with van der Waals surface area (Å²) in [7, 11) is 1.67. The van der Waals surface area contributed by atoms with E-state index < -0.39 is 0 Å². The van der Waals surface area contributed by atoms with Gasteiger partial charge in [0.05, 0.1) is 22.4 Å². The van der Waals surface area contributed by atoms with Crippen LogP contribution in [-0.2, 0) is 0 Å². The highest BCUT2D eigenvalue weighted by Gasteiger charge is 2.07. The van der Waals surface area contributed by atoms with E-state index in [0.717, 1.165) is 32.1 Å². The highest BCUT2D eigenvalue weighted by atomic mass is 35.5. The minimum atomic E-state index is 0.653. The summed E-state index contributed by atoms with van der Waals surface area (Å²) in [6, 6.07) is 14.0. The molecule has 0 aliphatic carbocycles. The second-order valence-electron chi connectivity index (χ2n) is 4.71. The number of nitrogens with zero attached hydrogens (tertiary/aromatic N) is 1. The molecule has 0 fully saturated rings. The van der Waals surface area contributed by atoms with Gasteiger partial charge in [-0.2, -0.15) is 0 Å². The molecule has 21 heavy (non-hydrogen) atoms. The van der Waals surface area contributed by atoms with E-state index >= 15 is 0 Å². The molecule has 0 N–H and O–H groups in total. The highest BCUT2D eigenvalue weighted by molar-refractivity contribution is 7.20. The lowest BCUT2D eigenvalue weighted by Crippen LogP contribution is -1.87. The smallest absolute Gasteiger partial charge is 0.136 e. The van der Waals surface area contributed by atoms with Crippen LogP contribution in [0.25, 0.3) is 21.3 Å². The molecule has 3 rings (SSSR count). The van der Waals surface area contributed by atoms with Crippen LogP contribution in [0.3, 0.4) is 0 Å². The van der Waals surface area contributed by atoms with Crippen molar-refractivity contribution in [2.75, 3.05) is 7.11 Å². The Hall–Kier alpha value is -1.84. The first kappa shape index (κ1) is 14.1. The van der Waals surface area contributed by atoms with Crippen LogP contribution < -0.4 is 4.74 Å². The predicted molar refractivity (Wildman–Crippen MR) is 91.1 cm³/mol. The maximum atomic E-state index is 6.42. The molecule has 1 aromatic heterocycles. The van der Waals surface area contributed by atoms with Crippen LogP contribution in [0, 0.1) is 6.92 Å². The molecular formula is C17H14ClNOS. The van der Waals surface area contributed by atoms with Crippen LogP contribution >= 0.6 is 22.9 Å². The third kappa shape index (κ3) is 2.94. The zero-order chi connectivity index (χ0) is 14.8. The van der Waals surface area contributed by atoms with E-state index in [0.29, 0.717) is 5.03 Å². The van der Waals surface area contributed by atoms with Gasteiger partial charge in [-0.05, 0) is 48.4 Å². The molecule has 0 radical (unpaired) electrons. The monoisotopic (exact) mass is 315 g/mol. The number of fused-ring (bicyclic) bond motifs is 1. The van der Waals surface area contributed by atoms with Gasteiger partial charge in [-0.3, -0.25) is 0 Å². The average Bonchev–Trinajstić information content (AvgIpc) is 2.91. The fraction of sp³-hybridized carbons (Fsp3) is 0.118. The zero-order valence-electron chi connectivity index (χ0n) is 11.8. The number of halogens is 1. The van der Waals surface area contributed by atoms with Crippen molar-refractivity contribution in [1.29, 1.82) is 0 Å². The molecule has 2 aromatic carbocycles. The maximum Gasteiger partial charge on any atom is 0.136 e. The number of aryl methyl sites for hydroxylation is 1. The molecule has 0 amide bonds. The van der Waals surface area contributed by atoms with Gasteiger partial charge >= 0.3 is 0 Å². The van der Waals surface area contributed by atoms with Crippen LogP contribution in [0.4, 0.5) is 0 Å². The number of thiazole rings is 1. The maximum absolute atomic E-state index is 6.42. The van der Waals surface area contributed by atoms with Crippen molar-refractivity contribution >= 4 is 44.3 Å². The summed E-state index contributed by atoms with van der Waals surface area (Å²) in [4.78, 5) is 4.56. The number of hydrogen-bond donors (Lipinski definition) is 0. The molecule has 0 atom stereocenters. The van der Waals surface area contributed by atoms with Crippen molar-refractivity contribution < 1.29 is 4.74 Å². The Balaban J connectivity index is 1.96. The van der Waals surface area contributed by atoms with Crippen molar-refractivity contribution in [1.82, 2.24) is 4.98 Å². The van der Waals surface area contributed by atoms with E-state index in [-0.39, 0.29) is 0 Å². The number of hydrogen-bond acceptors (Lipinski definition) is 3. The molecule has 106 valence electrons. The predicted octanol–water partition coefficient (Wildman–Crippen LogP) is 5.35. The van der Waals surface area contributed by atoms with Crippen molar-refractivity contribution in [3.05, 3.63) is 58.6 Å². The highest BCUT2D eigenvalue weighted by Crippen LogP contribution is 2.31. The van der Waals surface area contributed by atoms with Gasteiger partial charge in [-0.25, -0.2) is 4.98 Å². The number of benzene rings is 2. The lowest BCUT2D eigenvalue weighted by molar-refractivity contribution is 0.411. The number of rotatable bonds is 3. The minimum absolute atomic E-state index is 0.653. The largest absolute Gasteiger partial charge is 0.496 e. The SMILES string of the molecule is COc1ccc(/C=C(\Cl)c2nc3ccccc3s2)cc1C. The summed E-state index contributed by atoms with van der Waals surface area (Å²) in [5.74, 6) is 0.878. The molecule has 0 aliphatic rings. The van der Waals surface area contributed by atoms with Gasteiger partial charge in [0, 0.05) is 0 Å². The van der Waals surface area contributed by atoms with Crippen LogP contribution in [0.5, 0.6) is 5.75 Å². The first-order valence-corrected chi connectivity index (χ1v) is 7.74. The van der Waals surface area contributed by atoms with Gasteiger partial charge in [0.25, 0.3) is 0 Å². The van der Waals surface area contributed by atoms with Crippen molar-refractivity contribution in [3.63, 3.8) is 0 Å². The lowest BCUT2D eigenvalue weighted by Gasteiger charge is -2.05. The molecule has 1 heterocycles. The molecule has 0 saturated carbocycles. The summed E-state index contributed by atoms with van der Waals surface area (Å²) in [6.45, 7) is 2.02. The Morgan fingerprint density at radius 2 is 2.05 bits per heavy atom. The Morgan fingerprint density at radius 3 is 2.76 bits per heavy atom. The van der Waals surface area contributed by atoms with E-state index in [2.05, 4.69) is 17.1 Å². The molecule has 0 bridgehead atoms. The molecule has 0 spiro atoms. The van der Waals surface area contributed by atoms with E-state index in [1.807, 2.05) is 43.3 Å². The van der Waals surface area contributed by atoms with Crippen LogP contribution in [0.2, 0.25) is 0 Å². The summed E-state index contributed by atoms with van der Waals surface area (Å²) in [5, 5.41) is 1.49. The first-order valence-electron chi connectivity index (χ1n) is 6.55. The number of aromatic nitrogens is 1. The van der Waals surface area contributed by atoms with E-state index in [4.69, 9.17) is 16.3 Å². The Bertz CT molecular complexity index is 790. The molecule has 0 saturated heterocycles. The van der Waals surface area contributed by atoms with Gasteiger partial charge in [0.1, 0.15) is 10.8 Å².